The minimum atomic E-state index is -0.121. The Bertz CT molecular complexity index is 1080. The number of carbonyl (C=O) groups is 1. The molecule has 3 aromatic rings. The van der Waals surface area contributed by atoms with Crippen molar-refractivity contribution in [2.75, 3.05) is 24.3 Å². The molecule has 0 radical (unpaired) electrons. The summed E-state index contributed by atoms with van der Waals surface area (Å²) in [5, 5.41) is 4.77. The Labute approximate surface area is 169 Å². The van der Waals surface area contributed by atoms with Gasteiger partial charge < -0.3 is 14.8 Å². The summed E-state index contributed by atoms with van der Waals surface area (Å²) in [5.41, 5.74) is 2.14. The molecule has 1 aliphatic rings. The fourth-order valence-electron chi connectivity index (χ4n) is 2.86. The number of benzene rings is 1. The summed E-state index contributed by atoms with van der Waals surface area (Å²) in [6.45, 7) is 3.11. The number of fused-ring (bicyclic) bond motifs is 2. The van der Waals surface area contributed by atoms with Gasteiger partial charge in [0.1, 0.15) is 0 Å². The number of amides is 1. The van der Waals surface area contributed by atoms with Crippen molar-refractivity contribution in [3.63, 3.8) is 0 Å². The molecule has 0 fully saturated rings. The second-order valence-electron chi connectivity index (χ2n) is 6.33. The molecule has 0 saturated heterocycles. The van der Waals surface area contributed by atoms with Gasteiger partial charge in [-0.3, -0.25) is 14.0 Å². The molecule has 7 nitrogen and oxygen atoms in total. The fraction of sp³-hybridized carbons (Fsp3) is 0.316. The number of carbonyl (C=O) groups excluding carboxylic acids is 1. The summed E-state index contributed by atoms with van der Waals surface area (Å²) in [5.74, 6) is 1.98. The largest absolute Gasteiger partial charge is 0.490 e. The van der Waals surface area contributed by atoms with Crippen molar-refractivity contribution in [1.29, 1.82) is 0 Å². The average molecular weight is 418 g/mol. The molecule has 0 bridgehead atoms. The SMILES string of the molecule is Cc1csc2nc(CSCC(=O)Nc3ccc4c(c3)OCCCO4)cc(=O)n12. The fourth-order valence-corrected chi connectivity index (χ4v) is 4.47. The van der Waals surface area contributed by atoms with Crippen molar-refractivity contribution < 1.29 is 14.3 Å². The number of hydrogen-bond donors (Lipinski definition) is 1. The van der Waals surface area contributed by atoms with E-state index in [9.17, 15) is 9.59 Å². The molecule has 1 amide bonds. The van der Waals surface area contributed by atoms with Crippen LogP contribution in [-0.4, -0.2) is 34.3 Å². The lowest BCUT2D eigenvalue weighted by Gasteiger charge is -2.10. The number of ether oxygens (including phenoxy) is 2. The number of aromatic nitrogens is 2. The van der Waals surface area contributed by atoms with Crippen LogP contribution in [0.5, 0.6) is 11.5 Å². The standard InChI is InChI=1S/C19H19N3O4S2/c1-12-9-28-19-21-14(8-18(24)22(12)19)10-27-11-17(23)20-13-3-4-15-16(7-13)26-6-2-5-25-15/h3-4,7-9H,2,5-6,10-11H2,1H3,(H,20,23). The molecule has 0 atom stereocenters. The molecule has 4 rings (SSSR count). The molecule has 9 heteroatoms. The van der Waals surface area contributed by atoms with Gasteiger partial charge in [-0.1, -0.05) is 0 Å². The molecule has 1 aromatic carbocycles. The Morgan fingerprint density at radius 2 is 2.11 bits per heavy atom. The number of nitrogens with one attached hydrogen (secondary N) is 1. The zero-order valence-electron chi connectivity index (χ0n) is 15.3. The predicted molar refractivity (Wildman–Crippen MR) is 111 cm³/mol. The molecular weight excluding hydrogens is 398 g/mol. The highest BCUT2D eigenvalue weighted by molar-refractivity contribution is 7.99. The molecule has 0 saturated carbocycles. The van der Waals surface area contributed by atoms with E-state index in [2.05, 4.69) is 10.3 Å². The van der Waals surface area contributed by atoms with Crippen molar-refractivity contribution in [1.82, 2.24) is 9.38 Å². The molecule has 1 aliphatic heterocycles. The summed E-state index contributed by atoms with van der Waals surface area (Å²) in [6, 6.07) is 6.91. The van der Waals surface area contributed by atoms with Gasteiger partial charge in [0.2, 0.25) is 5.91 Å². The van der Waals surface area contributed by atoms with Crippen molar-refractivity contribution in [3.05, 3.63) is 51.4 Å². The van der Waals surface area contributed by atoms with Crippen LogP contribution in [0.2, 0.25) is 0 Å². The first-order valence-electron chi connectivity index (χ1n) is 8.84. The molecule has 0 aliphatic carbocycles. The normalized spacial score (nSPS) is 13.3. The maximum atomic E-state index is 12.2. The van der Waals surface area contributed by atoms with E-state index in [1.54, 1.807) is 22.6 Å². The zero-order valence-corrected chi connectivity index (χ0v) is 16.9. The van der Waals surface area contributed by atoms with E-state index in [1.807, 2.05) is 12.3 Å². The van der Waals surface area contributed by atoms with Crippen LogP contribution in [0.15, 0.2) is 34.4 Å². The number of anilines is 1. The second-order valence-corrected chi connectivity index (χ2v) is 8.16. The molecule has 28 heavy (non-hydrogen) atoms. The number of rotatable bonds is 5. The Kier molecular flexibility index (Phi) is 5.54. The first-order valence-corrected chi connectivity index (χ1v) is 10.9. The van der Waals surface area contributed by atoms with E-state index < -0.39 is 0 Å². The van der Waals surface area contributed by atoms with Crippen molar-refractivity contribution in [2.45, 2.75) is 19.1 Å². The Morgan fingerprint density at radius 1 is 1.29 bits per heavy atom. The third-order valence-corrected chi connectivity index (χ3v) is 6.05. The summed E-state index contributed by atoms with van der Waals surface area (Å²) in [4.78, 5) is 29.6. The number of thioether (sulfide) groups is 1. The maximum Gasteiger partial charge on any atom is 0.258 e. The molecule has 3 heterocycles. The molecule has 0 unspecified atom stereocenters. The topological polar surface area (TPSA) is 81.9 Å². The van der Waals surface area contributed by atoms with E-state index in [0.717, 1.165) is 12.1 Å². The highest BCUT2D eigenvalue weighted by Gasteiger charge is 2.12. The Hall–Kier alpha value is -2.52. The van der Waals surface area contributed by atoms with Crippen molar-refractivity contribution in [3.8, 4) is 11.5 Å². The van der Waals surface area contributed by atoms with Gasteiger partial charge in [0, 0.05) is 41.1 Å². The lowest BCUT2D eigenvalue weighted by Crippen LogP contribution is -2.16. The number of nitrogens with zero attached hydrogens (tertiary/aromatic N) is 2. The van der Waals surface area contributed by atoms with Gasteiger partial charge in [0.05, 0.1) is 24.7 Å². The summed E-state index contributed by atoms with van der Waals surface area (Å²) in [6.07, 6.45) is 0.835. The van der Waals surface area contributed by atoms with E-state index in [0.29, 0.717) is 46.8 Å². The van der Waals surface area contributed by atoms with Crippen LogP contribution >= 0.6 is 23.1 Å². The van der Waals surface area contributed by atoms with Crippen LogP contribution in [0.4, 0.5) is 5.69 Å². The molecule has 1 N–H and O–H groups in total. The van der Waals surface area contributed by atoms with Crippen molar-refractivity contribution in [2.24, 2.45) is 0 Å². The smallest absolute Gasteiger partial charge is 0.258 e. The van der Waals surface area contributed by atoms with Gasteiger partial charge in [-0.25, -0.2) is 4.98 Å². The summed E-state index contributed by atoms with van der Waals surface area (Å²) in [7, 11) is 0. The van der Waals surface area contributed by atoms with Crippen LogP contribution in [0, 0.1) is 6.92 Å². The van der Waals surface area contributed by atoms with Crippen molar-refractivity contribution >= 4 is 39.7 Å². The van der Waals surface area contributed by atoms with Crippen LogP contribution < -0.4 is 20.3 Å². The number of aryl methyl sites for hydroxylation is 1. The van der Waals surface area contributed by atoms with E-state index in [1.165, 1.54) is 29.2 Å². The maximum absolute atomic E-state index is 12.2. The minimum absolute atomic E-state index is 0.0870. The zero-order chi connectivity index (χ0) is 19.5. The highest BCUT2D eigenvalue weighted by atomic mass is 32.2. The quantitative estimate of drug-likeness (QED) is 0.687. The first kappa shape index (κ1) is 18.8. The third kappa shape index (κ3) is 4.15. The van der Waals surface area contributed by atoms with E-state index >= 15 is 0 Å². The van der Waals surface area contributed by atoms with Crippen LogP contribution in [-0.2, 0) is 10.5 Å². The predicted octanol–water partition coefficient (Wildman–Crippen LogP) is 3.10. The first-order chi connectivity index (χ1) is 13.6. The van der Waals surface area contributed by atoms with Crippen LogP contribution in [0.25, 0.3) is 4.96 Å². The van der Waals surface area contributed by atoms with Gasteiger partial charge in [0.15, 0.2) is 16.5 Å². The molecular formula is C19H19N3O4S2. The Morgan fingerprint density at radius 3 is 2.96 bits per heavy atom. The minimum Gasteiger partial charge on any atom is -0.490 e. The molecule has 0 spiro atoms. The molecule has 146 valence electrons. The van der Waals surface area contributed by atoms with Gasteiger partial charge in [0.25, 0.3) is 5.56 Å². The highest BCUT2D eigenvalue weighted by Crippen LogP contribution is 2.32. The molecule has 2 aromatic heterocycles. The van der Waals surface area contributed by atoms with Gasteiger partial charge in [-0.2, -0.15) is 0 Å². The van der Waals surface area contributed by atoms with Crippen LogP contribution in [0.1, 0.15) is 17.8 Å². The average Bonchev–Trinajstić information content (AvgIpc) is 2.89. The summed E-state index contributed by atoms with van der Waals surface area (Å²) < 4.78 is 12.8. The van der Waals surface area contributed by atoms with Gasteiger partial charge in [-0.15, -0.1) is 23.1 Å². The van der Waals surface area contributed by atoms with Crippen LogP contribution in [0.3, 0.4) is 0 Å². The third-order valence-electron chi connectivity index (χ3n) is 4.14. The number of hydrogen-bond acceptors (Lipinski definition) is 7. The van der Waals surface area contributed by atoms with Gasteiger partial charge in [-0.05, 0) is 19.1 Å². The van der Waals surface area contributed by atoms with Gasteiger partial charge >= 0.3 is 0 Å². The lowest BCUT2D eigenvalue weighted by molar-refractivity contribution is -0.113. The second kappa shape index (κ2) is 8.24. The Balaban J connectivity index is 1.34. The summed E-state index contributed by atoms with van der Waals surface area (Å²) >= 11 is 2.85. The van der Waals surface area contributed by atoms with E-state index in [-0.39, 0.29) is 17.2 Å². The van der Waals surface area contributed by atoms with E-state index in [4.69, 9.17) is 9.47 Å². The monoisotopic (exact) mass is 417 g/mol. The number of thiazole rings is 1. The lowest BCUT2D eigenvalue weighted by atomic mass is 10.2.